The molecule has 0 fully saturated rings. The molecule has 1 aromatic carbocycles. The van der Waals surface area contributed by atoms with Crippen LogP contribution < -0.4 is 4.74 Å². The molecular formula is C13H12N2O4. The van der Waals surface area contributed by atoms with Crippen molar-refractivity contribution in [2.24, 2.45) is 0 Å². The summed E-state index contributed by atoms with van der Waals surface area (Å²) < 4.78 is 15.7. The molecule has 6 nitrogen and oxygen atoms in total. The molecule has 0 amide bonds. The second kappa shape index (κ2) is 4.72. The van der Waals surface area contributed by atoms with Gasteiger partial charge in [0.1, 0.15) is 12.4 Å². The van der Waals surface area contributed by atoms with Crippen LogP contribution >= 0.6 is 0 Å². The third-order valence-electron chi connectivity index (χ3n) is 2.89. The van der Waals surface area contributed by atoms with Crippen LogP contribution in [0.25, 0.3) is 0 Å². The summed E-state index contributed by atoms with van der Waals surface area (Å²) in [7, 11) is 0. The van der Waals surface area contributed by atoms with Crippen LogP contribution in [0, 0.1) is 0 Å². The molecule has 0 aliphatic carbocycles. The van der Waals surface area contributed by atoms with E-state index in [1.165, 1.54) is 0 Å². The minimum Gasteiger partial charge on any atom is -0.492 e. The molecular weight excluding hydrogens is 248 g/mol. The number of carbonyl (C=O) groups excluding carboxylic acids is 1. The van der Waals surface area contributed by atoms with Gasteiger partial charge in [-0.3, -0.25) is 0 Å². The van der Waals surface area contributed by atoms with E-state index in [4.69, 9.17) is 13.9 Å². The van der Waals surface area contributed by atoms with Crippen LogP contribution in [0.15, 0.2) is 28.7 Å². The minimum absolute atomic E-state index is 0.124. The zero-order valence-corrected chi connectivity index (χ0v) is 10.3. The van der Waals surface area contributed by atoms with Gasteiger partial charge in [-0.25, -0.2) is 4.79 Å². The summed E-state index contributed by atoms with van der Waals surface area (Å²) >= 11 is 0. The highest BCUT2D eigenvalue weighted by molar-refractivity contribution is 5.83. The molecule has 1 atom stereocenters. The zero-order valence-electron chi connectivity index (χ0n) is 10.3. The first kappa shape index (κ1) is 11.7. The predicted molar refractivity (Wildman–Crippen MR) is 64.0 cm³/mol. The zero-order chi connectivity index (χ0) is 13.2. The van der Waals surface area contributed by atoms with Gasteiger partial charge in [-0.05, 0) is 13.0 Å². The molecule has 0 saturated heterocycles. The lowest BCUT2D eigenvalue weighted by molar-refractivity contribution is 0.0478. The Hall–Kier alpha value is -2.37. The van der Waals surface area contributed by atoms with Crippen LogP contribution in [0.4, 0.5) is 0 Å². The number of aromatic nitrogens is 2. The Morgan fingerprint density at radius 3 is 3.11 bits per heavy atom. The number of ether oxygens (including phenoxy) is 2. The predicted octanol–water partition coefficient (Wildman–Crippen LogP) is 1.77. The number of benzene rings is 1. The molecule has 0 bridgehead atoms. The lowest BCUT2D eigenvalue weighted by Crippen LogP contribution is -2.05. The van der Waals surface area contributed by atoms with Crippen molar-refractivity contribution in [3.8, 4) is 5.75 Å². The maximum absolute atomic E-state index is 11.5. The van der Waals surface area contributed by atoms with Crippen LogP contribution in [-0.2, 0) is 4.74 Å². The number of rotatable bonds is 3. The molecule has 1 unspecified atom stereocenters. The van der Waals surface area contributed by atoms with Crippen LogP contribution in [0.1, 0.15) is 35.0 Å². The lowest BCUT2D eigenvalue weighted by Gasteiger charge is -2.01. The van der Waals surface area contributed by atoms with E-state index in [0.29, 0.717) is 12.5 Å². The number of esters is 1. The molecule has 0 saturated carbocycles. The normalized spacial score (nSPS) is 16.8. The largest absolute Gasteiger partial charge is 0.492 e. The number of nitrogens with zero attached hydrogens (tertiary/aromatic N) is 2. The van der Waals surface area contributed by atoms with Gasteiger partial charge >= 0.3 is 11.9 Å². The van der Waals surface area contributed by atoms with E-state index in [2.05, 4.69) is 10.2 Å². The highest BCUT2D eigenvalue weighted by Crippen LogP contribution is 2.37. The second-order valence-electron chi connectivity index (χ2n) is 4.07. The van der Waals surface area contributed by atoms with Gasteiger partial charge in [-0.2, -0.15) is 0 Å². The molecule has 19 heavy (non-hydrogen) atoms. The Morgan fingerprint density at radius 1 is 1.42 bits per heavy atom. The fourth-order valence-corrected chi connectivity index (χ4v) is 2.02. The van der Waals surface area contributed by atoms with E-state index < -0.39 is 5.97 Å². The topological polar surface area (TPSA) is 74.5 Å². The van der Waals surface area contributed by atoms with Crippen molar-refractivity contribution in [3.05, 3.63) is 41.6 Å². The summed E-state index contributed by atoms with van der Waals surface area (Å²) in [4.78, 5) is 11.5. The molecule has 1 aliphatic heterocycles. The Labute approximate surface area is 109 Å². The average molecular weight is 260 g/mol. The van der Waals surface area contributed by atoms with Crippen LogP contribution in [-0.4, -0.2) is 29.4 Å². The number of fused-ring (bicyclic) bond motifs is 1. The van der Waals surface area contributed by atoms with Gasteiger partial charge < -0.3 is 13.9 Å². The summed E-state index contributed by atoms with van der Waals surface area (Å²) in [6, 6.07) is 7.65. The summed E-state index contributed by atoms with van der Waals surface area (Å²) in [5.74, 6) is 0.318. The monoisotopic (exact) mass is 260 g/mol. The van der Waals surface area contributed by atoms with Crippen molar-refractivity contribution in [2.45, 2.75) is 12.8 Å². The summed E-state index contributed by atoms with van der Waals surface area (Å²) in [5.41, 5.74) is 0.988. The van der Waals surface area contributed by atoms with Crippen molar-refractivity contribution >= 4 is 5.97 Å². The molecule has 1 aromatic heterocycles. The average Bonchev–Trinajstić information content (AvgIpc) is 3.05. The van der Waals surface area contributed by atoms with E-state index in [-0.39, 0.29) is 18.4 Å². The number of hydrogen-bond donors (Lipinski definition) is 0. The van der Waals surface area contributed by atoms with Crippen LogP contribution in [0.5, 0.6) is 5.75 Å². The van der Waals surface area contributed by atoms with Crippen molar-refractivity contribution < 1.29 is 18.7 Å². The van der Waals surface area contributed by atoms with Gasteiger partial charge in [0.25, 0.3) is 0 Å². The van der Waals surface area contributed by atoms with Crippen LogP contribution in [0.2, 0.25) is 0 Å². The molecule has 6 heteroatoms. The fourth-order valence-electron chi connectivity index (χ4n) is 2.02. The minimum atomic E-state index is -0.603. The summed E-state index contributed by atoms with van der Waals surface area (Å²) in [5, 5.41) is 7.61. The molecule has 3 rings (SSSR count). The van der Waals surface area contributed by atoms with E-state index in [9.17, 15) is 4.79 Å². The SMILES string of the molecule is CCOC(=O)c1nnc(C2COc3ccccc32)o1. The summed E-state index contributed by atoms with van der Waals surface area (Å²) in [6.45, 7) is 2.42. The van der Waals surface area contributed by atoms with Crippen molar-refractivity contribution in [1.29, 1.82) is 0 Å². The molecule has 98 valence electrons. The Kier molecular flexibility index (Phi) is 2.91. The number of hydrogen-bond acceptors (Lipinski definition) is 6. The third-order valence-corrected chi connectivity index (χ3v) is 2.89. The maximum atomic E-state index is 11.5. The van der Waals surface area contributed by atoms with Gasteiger partial charge in [-0.1, -0.05) is 18.2 Å². The highest BCUT2D eigenvalue weighted by Gasteiger charge is 2.30. The Bertz CT molecular complexity index is 608. The first-order chi connectivity index (χ1) is 9.29. The van der Waals surface area contributed by atoms with Gasteiger partial charge in [0.05, 0.1) is 12.5 Å². The van der Waals surface area contributed by atoms with Crippen molar-refractivity contribution in [3.63, 3.8) is 0 Å². The number of para-hydroxylation sites is 1. The van der Waals surface area contributed by atoms with Gasteiger partial charge in [0.2, 0.25) is 5.89 Å². The lowest BCUT2D eigenvalue weighted by atomic mass is 10.0. The fraction of sp³-hybridized carbons (Fsp3) is 0.308. The smallest absolute Gasteiger partial charge is 0.396 e. The van der Waals surface area contributed by atoms with Gasteiger partial charge in [0.15, 0.2) is 0 Å². The van der Waals surface area contributed by atoms with E-state index >= 15 is 0 Å². The highest BCUT2D eigenvalue weighted by atomic mass is 16.5. The molecule has 0 radical (unpaired) electrons. The van der Waals surface area contributed by atoms with E-state index in [1.54, 1.807) is 6.92 Å². The quantitative estimate of drug-likeness (QED) is 0.783. The maximum Gasteiger partial charge on any atom is 0.396 e. The first-order valence-electron chi connectivity index (χ1n) is 6.02. The Morgan fingerprint density at radius 2 is 2.26 bits per heavy atom. The first-order valence-corrected chi connectivity index (χ1v) is 6.02. The molecule has 1 aliphatic rings. The van der Waals surface area contributed by atoms with Crippen molar-refractivity contribution in [2.75, 3.05) is 13.2 Å². The Balaban J connectivity index is 1.87. The van der Waals surface area contributed by atoms with Gasteiger partial charge in [-0.15, -0.1) is 10.2 Å². The van der Waals surface area contributed by atoms with E-state index in [0.717, 1.165) is 11.3 Å². The van der Waals surface area contributed by atoms with Crippen molar-refractivity contribution in [1.82, 2.24) is 10.2 Å². The second-order valence-corrected chi connectivity index (χ2v) is 4.07. The molecule has 0 N–H and O–H groups in total. The van der Waals surface area contributed by atoms with Gasteiger partial charge in [0, 0.05) is 5.56 Å². The number of carbonyl (C=O) groups is 1. The van der Waals surface area contributed by atoms with Crippen LogP contribution in [0.3, 0.4) is 0 Å². The molecule has 2 heterocycles. The molecule has 0 spiro atoms. The molecule has 2 aromatic rings. The standard InChI is InChI=1S/C13H12N2O4/c1-2-17-13(16)12-15-14-11(19-12)9-7-18-10-6-4-3-5-8(9)10/h3-6,9H,2,7H2,1H3. The van der Waals surface area contributed by atoms with E-state index in [1.807, 2.05) is 24.3 Å². The summed E-state index contributed by atoms with van der Waals surface area (Å²) in [6.07, 6.45) is 0. The third kappa shape index (κ3) is 2.05.